The van der Waals surface area contributed by atoms with Crippen molar-refractivity contribution in [1.82, 2.24) is 9.80 Å². The fraction of sp³-hybridized carbons (Fsp3) is 0.235. The number of benzene rings is 4. The predicted octanol–water partition coefficient (Wildman–Crippen LogP) is 7.16. The number of fused-ring (bicyclic) bond motifs is 2. The zero-order valence-corrected chi connectivity index (χ0v) is 22.5. The Kier molecular flexibility index (Phi) is 6.77. The van der Waals surface area contributed by atoms with Crippen molar-refractivity contribution in [1.29, 1.82) is 0 Å². The summed E-state index contributed by atoms with van der Waals surface area (Å²) in [5.41, 5.74) is 6.37. The SMILES string of the molecule is CC1(C)c2ccccc2C(C)(C)N1Cc1ccccc1.O=C1c2ccccc2C(=O)N1Cc1ccccc1. The minimum atomic E-state index is -0.209. The lowest BCUT2D eigenvalue weighted by molar-refractivity contribution is 0.0312. The molecule has 0 spiro atoms. The van der Waals surface area contributed by atoms with Gasteiger partial charge in [-0.2, -0.15) is 0 Å². The van der Waals surface area contributed by atoms with Crippen molar-refractivity contribution in [3.63, 3.8) is 0 Å². The van der Waals surface area contributed by atoms with Crippen LogP contribution in [0.4, 0.5) is 0 Å². The second-order valence-corrected chi connectivity index (χ2v) is 11.0. The van der Waals surface area contributed by atoms with Gasteiger partial charge in [-0.05, 0) is 62.1 Å². The molecule has 38 heavy (non-hydrogen) atoms. The molecule has 2 aliphatic rings. The van der Waals surface area contributed by atoms with Crippen LogP contribution in [0.2, 0.25) is 0 Å². The molecule has 0 saturated carbocycles. The van der Waals surface area contributed by atoms with Gasteiger partial charge in [-0.3, -0.25) is 19.4 Å². The monoisotopic (exact) mass is 502 g/mol. The molecule has 0 atom stereocenters. The van der Waals surface area contributed by atoms with Gasteiger partial charge in [0.25, 0.3) is 11.8 Å². The topological polar surface area (TPSA) is 40.6 Å². The summed E-state index contributed by atoms with van der Waals surface area (Å²) in [6.45, 7) is 10.7. The van der Waals surface area contributed by atoms with Crippen molar-refractivity contribution in [3.05, 3.63) is 143 Å². The highest BCUT2D eigenvalue weighted by Gasteiger charge is 2.48. The molecule has 0 N–H and O–H groups in total. The summed E-state index contributed by atoms with van der Waals surface area (Å²) >= 11 is 0. The van der Waals surface area contributed by atoms with Gasteiger partial charge in [0.2, 0.25) is 0 Å². The summed E-state index contributed by atoms with van der Waals surface area (Å²) in [5, 5.41) is 0. The largest absolute Gasteiger partial charge is 0.281 e. The van der Waals surface area contributed by atoms with Crippen molar-refractivity contribution in [2.45, 2.75) is 51.9 Å². The quantitative estimate of drug-likeness (QED) is 0.278. The smallest absolute Gasteiger partial charge is 0.261 e. The van der Waals surface area contributed by atoms with E-state index in [1.165, 1.54) is 21.6 Å². The van der Waals surface area contributed by atoms with Crippen molar-refractivity contribution < 1.29 is 9.59 Å². The fourth-order valence-electron chi connectivity index (χ4n) is 5.85. The lowest BCUT2D eigenvalue weighted by atomic mass is 9.91. The van der Waals surface area contributed by atoms with E-state index in [0.29, 0.717) is 17.7 Å². The van der Waals surface area contributed by atoms with E-state index in [0.717, 1.165) is 12.1 Å². The molecular formula is C34H34N2O2. The average molecular weight is 503 g/mol. The molecule has 0 fully saturated rings. The maximum Gasteiger partial charge on any atom is 0.261 e. The lowest BCUT2D eigenvalue weighted by Gasteiger charge is -2.41. The van der Waals surface area contributed by atoms with E-state index < -0.39 is 0 Å². The van der Waals surface area contributed by atoms with Crippen LogP contribution in [0.5, 0.6) is 0 Å². The van der Waals surface area contributed by atoms with E-state index >= 15 is 0 Å². The van der Waals surface area contributed by atoms with E-state index in [1.807, 2.05) is 30.3 Å². The van der Waals surface area contributed by atoms with E-state index in [-0.39, 0.29) is 22.9 Å². The van der Waals surface area contributed by atoms with Crippen LogP contribution in [0.3, 0.4) is 0 Å². The normalized spacial score (nSPS) is 17.0. The molecule has 4 nitrogen and oxygen atoms in total. The molecule has 4 aromatic carbocycles. The zero-order chi connectivity index (χ0) is 26.9. The number of hydrogen-bond acceptors (Lipinski definition) is 3. The van der Waals surface area contributed by atoms with Crippen LogP contribution in [0.1, 0.15) is 70.7 Å². The average Bonchev–Trinajstić information content (AvgIpc) is 3.26. The summed E-state index contributed by atoms with van der Waals surface area (Å²) in [6.07, 6.45) is 0. The summed E-state index contributed by atoms with van der Waals surface area (Å²) in [7, 11) is 0. The van der Waals surface area contributed by atoms with Gasteiger partial charge >= 0.3 is 0 Å². The molecular weight excluding hydrogens is 468 g/mol. The number of hydrogen-bond donors (Lipinski definition) is 0. The molecule has 0 bridgehead atoms. The third-order valence-electron chi connectivity index (χ3n) is 7.84. The van der Waals surface area contributed by atoms with E-state index in [9.17, 15) is 9.59 Å². The molecule has 4 heteroatoms. The van der Waals surface area contributed by atoms with Gasteiger partial charge in [-0.15, -0.1) is 0 Å². The summed E-state index contributed by atoms with van der Waals surface area (Å²) in [4.78, 5) is 28.1. The van der Waals surface area contributed by atoms with Crippen LogP contribution in [0.15, 0.2) is 109 Å². The summed E-state index contributed by atoms with van der Waals surface area (Å²) < 4.78 is 0. The number of rotatable bonds is 4. The van der Waals surface area contributed by atoms with E-state index in [4.69, 9.17) is 0 Å². The van der Waals surface area contributed by atoms with Gasteiger partial charge in [-0.25, -0.2) is 0 Å². The third kappa shape index (κ3) is 4.57. The molecule has 0 aromatic heterocycles. The minimum absolute atomic E-state index is 0.0654. The van der Waals surface area contributed by atoms with Crippen LogP contribution < -0.4 is 0 Å². The molecule has 0 saturated heterocycles. The highest BCUT2D eigenvalue weighted by molar-refractivity contribution is 6.21. The Bertz CT molecular complexity index is 1390. The van der Waals surface area contributed by atoms with Crippen LogP contribution in [-0.2, 0) is 24.2 Å². The fourth-order valence-corrected chi connectivity index (χ4v) is 5.85. The van der Waals surface area contributed by atoms with Gasteiger partial charge in [0.15, 0.2) is 0 Å². The van der Waals surface area contributed by atoms with Gasteiger partial charge < -0.3 is 0 Å². The molecule has 0 radical (unpaired) electrons. The molecule has 2 aliphatic heterocycles. The molecule has 4 aromatic rings. The van der Waals surface area contributed by atoms with Crippen LogP contribution in [0, 0.1) is 0 Å². The molecule has 192 valence electrons. The number of nitrogens with zero attached hydrogens (tertiary/aromatic N) is 2. The van der Waals surface area contributed by atoms with E-state index in [2.05, 4.69) is 87.2 Å². The molecule has 6 rings (SSSR count). The number of carbonyl (C=O) groups excluding carboxylic acids is 2. The second kappa shape index (κ2) is 10.0. The second-order valence-electron chi connectivity index (χ2n) is 11.0. The van der Waals surface area contributed by atoms with Gasteiger partial charge in [0, 0.05) is 17.6 Å². The first kappa shape index (κ1) is 25.6. The Balaban J connectivity index is 0.000000156. The first-order valence-electron chi connectivity index (χ1n) is 13.1. The van der Waals surface area contributed by atoms with Crippen molar-refractivity contribution in [2.75, 3.05) is 0 Å². The Morgan fingerprint density at radius 3 is 1.32 bits per heavy atom. The maximum absolute atomic E-state index is 12.1. The predicted molar refractivity (Wildman–Crippen MR) is 152 cm³/mol. The molecule has 0 unspecified atom stereocenters. The van der Waals surface area contributed by atoms with Crippen molar-refractivity contribution in [3.8, 4) is 0 Å². The Morgan fingerprint density at radius 1 is 0.500 bits per heavy atom. The van der Waals surface area contributed by atoms with Crippen LogP contribution in [0.25, 0.3) is 0 Å². The molecule has 2 amide bonds. The number of amides is 2. The van der Waals surface area contributed by atoms with Gasteiger partial charge in [0.1, 0.15) is 0 Å². The molecule has 0 aliphatic carbocycles. The first-order valence-corrected chi connectivity index (χ1v) is 13.1. The molecule has 2 heterocycles. The standard InChI is InChI=1S/C19H23N.C15H11NO2/c1-18(2)16-12-8-9-13-17(16)19(3,4)20(18)14-15-10-6-5-7-11-15;17-14-12-8-4-5-9-13(12)15(18)16(14)10-11-6-2-1-3-7-11/h5-13H,14H2,1-4H3;1-9H,10H2. The van der Waals surface area contributed by atoms with Crippen LogP contribution in [-0.4, -0.2) is 21.6 Å². The Morgan fingerprint density at radius 2 is 0.868 bits per heavy atom. The minimum Gasteiger partial charge on any atom is -0.281 e. The van der Waals surface area contributed by atoms with Crippen molar-refractivity contribution in [2.24, 2.45) is 0 Å². The first-order chi connectivity index (χ1) is 18.2. The van der Waals surface area contributed by atoms with Crippen LogP contribution >= 0.6 is 0 Å². The highest BCUT2D eigenvalue weighted by Crippen LogP contribution is 2.49. The number of imide groups is 1. The van der Waals surface area contributed by atoms with Gasteiger partial charge in [-0.1, -0.05) is 97.1 Å². The van der Waals surface area contributed by atoms with E-state index in [1.54, 1.807) is 24.3 Å². The third-order valence-corrected chi connectivity index (χ3v) is 7.84. The summed E-state index contributed by atoms with van der Waals surface area (Å²) in [6, 6.07) is 36.1. The zero-order valence-electron chi connectivity index (χ0n) is 22.5. The maximum atomic E-state index is 12.1. The Hall–Kier alpha value is -4.02. The highest BCUT2D eigenvalue weighted by atomic mass is 16.2. The summed E-state index contributed by atoms with van der Waals surface area (Å²) in [5.74, 6) is -0.418. The van der Waals surface area contributed by atoms with Crippen molar-refractivity contribution >= 4 is 11.8 Å². The Labute approximate surface area is 225 Å². The lowest BCUT2D eigenvalue weighted by Crippen LogP contribution is -2.44. The number of carbonyl (C=O) groups is 2. The van der Waals surface area contributed by atoms with Gasteiger partial charge in [0.05, 0.1) is 17.7 Å².